The zero-order valence-electron chi connectivity index (χ0n) is 17.9. The van der Waals surface area contributed by atoms with Crippen LogP contribution in [-0.4, -0.2) is 32.4 Å². The number of rotatable bonds is 7. The molecule has 1 aliphatic rings. The first-order valence-electron chi connectivity index (χ1n) is 10.2. The van der Waals surface area contributed by atoms with E-state index in [0.29, 0.717) is 22.7 Å². The number of ether oxygens (including phenoxy) is 1. The van der Waals surface area contributed by atoms with Gasteiger partial charge in [-0.15, -0.1) is 11.3 Å². The number of benzene rings is 1. The van der Waals surface area contributed by atoms with Crippen molar-refractivity contribution in [3.63, 3.8) is 0 Å². The monoisotopic (exact) mass is 493 g/mol. The Morgan fingerprint density at radius 1 is 1.29 bits per heavy atom. The standard InChI is InChI=1S/C23H19F4N3O3S/c1-13-20(11-30-10-16(9-28-30)22(31)32)29-21(34-13)15-6-17(23(25,26)27)8-18(7-15)33-12-14-4-2-3-5-19(14)24/h2,4,6-10H,3,5,11-12H2,1H3,(H,31,32). The summed E-state index contributed by atoms with van der Waals surface area (Å²) >= 11 is 1.20. The van der Waals surface area contributed by atoms with Crippen LogP contribution in [0.2, 0.25) is 0 Å². The largest absolute Gasteiger partial charge is 0.489 e. The Hall–Kier alpha value is -3.47. The van der Waals surface area contributed by atoms with E-state index in [1.165, 1.54) is 34.5 Å². The zero-order chi connectivity index (χ0) is 24.5. The Morgan fingerprint density at radius 2 is 2.09 bits per heavy atom. The first-order chi connectivity index (χ1) is 16.1. The van der Waals surface area contributed by atoms with Crippen LogP contribution in [-0.2, 0) is 12.7 Å². The van der Waals surface area contributed by atoms with Crippen LogP contribution >= 0.6 is 11.3 Å². The number of aromatic nitrogens is 3. The van der Waals surface area contributed by atoms with Crippen LogP contribution < -0.4 is 4.74 Å². The predicted molar refractivity (Wildman–Crippen MR) is 118 cm³/mol. The van der Waals surface area contributed by atoms with E-state index in [9.17, 15) is 22.4 Å². The van der Waals surface area contributed by atoms with E-state index in [0.717, 1.165) is 17.0 Å². The molecule has 2 heterocycles. The molecule has 0 unspecified atom stereocenters. The number of allylic oxidation sites excluding steroid dienone is 2. The van der Waals surface area contributed by atoms with Gasteiger partial charge in [-0.2, -0.15) is 18.3 Å². The molecule has 0 radical (unpaired) electrons. The number of thiazole rings is 1. The van der Waals surface area contributed by atoms with Crippen molar-refractivity contribution in [2.24, 2.45) is 0 Å². The Kier molecular flexibility index (Phi) is 6.56. The summed E-state index contributed by atoms with van der Waals surface area (Å²) in [7, 11) is 0. The van der Waals surface area contributed by atoms with Crippen molar-refractivity contribution in [1.29, 1.82) is 0 Å². The highest BCUT2D eigenvalue weighted by Gasteiger charge is 2.32. The maximum absolute atomic E-state index is 14.0. The molecule has 0 aliphatic heterocycles. The fraction of sp³-hybridized carbons (Fsp3) is 0.261. The number of carbonyl (C=O) groups is 1. The van der Waals surface area contributed by atoms with Gasteiger partial charge in [-0.3, -0.25) is 4.68 Å². The van der Waals surface area contributed by atoms with Gasteiger partial charge in [0, 0.05) is 28.6 Å². The lowest BCUT2D eigenvalue weighted by Crippen LogP contribution is -2.08. The Morgan fingerprint density at radius 3 is 2.76 bits per heavy atom. The first-order valence-corrected chi connectivity index (χ1v) is 11.0. The highest BCUT2D eigenvalue weighted by molar-refractivity contribution is 7.15. The van der Waals surface area contributed by atoms with Crippen LogP contribution in [0.1, 0.15) is 39.3 Å². The van der Waals surface area contributed by atoms with E-state index in [1.54, 1.807) is 19.1 Å². The molecule has 0 fully saturated rings. The third-order valence-electron chi connectivity index (χ3n) is 5.16. The van der Waals surface area contributed by atoms with Gasteiger partial charge in [-0.1, -0.05) is 12.2 Å². The summed E-state index contributed by atoms with van der Waals surface area (Å²) in [6.45, 7) is 1.75. The molecule has 2 aromatic heterocycles. The Balaban J connectivity index is 1.62. The quantitative estimate of drug-likeness (QED) is 0.407. The predicted octanol–water partition coefficient (Wildman–Crippen LogP) is 6.03. The van der Waals surface area contributed by atoms with Gasteiger partial charge in [-0.25, -0.2) is 14.2 Å². The molecule has 0 amide bonds. The molecular weight excluding hydrogens is 474 g/mol. The molecule has 0 saturated heterocycles. The van der Waals surface area contributed by atoms with E-state index in [-0.39, 0.29) is 42.3 Å². The number of nitrogens with zero attached hydrogens (tertiary/aromatic N) is 3. The highest BCUT2D eigenvalue weighted by atomic mass is 32.1. The Labute approximate surface area is 195 Å². The van der Waals surface area contributed by atoms with Gasteiger partial charge in [0.1, 0.15) is 23.2 Å². The maximum Gasteiger partial charge on any atom is 0.416 e. The molecule has 1 N–H and O–H groups in total. The number of aryl methyl sites for hydroxylation is 1. The third-order valence-corrected chi connectivity index (χ3v) is 6.22. The molecule has 0 bridgehead atoms. The highest BCUT2D eigenvalue weighted by Crippen LogP contribution is 2.37. The van der Waals surface area contributed by atoms with E-state index < -0.39 is 17.7 Å². The molecular formula is C23H19F4N3O3S. The lowest BCUT2D eigenvalue weighted by Gasteiger charge is -2.14. The van der Waals surface area contributed by atoms with Crippen molar-refractivity contribution in [2.45, 2.75) is 32.5 Å². The summed E-state index contributed by atoms with van der Waals surface area (Å²) < 4.78 is 61.5. The maximum atomic E-state index is 14.0. The second kappa shape index (κ2) is 9.41. The van der Waals surface area contributed by atoms with Crippen LogP contribution in [0, 0.1) is 6.92 Å². The second-order valence-corrected chi connectivity index (χ2v) is 8.86. The number of halogens is 4. The van der Waals surface area contributed by atoms with E-state index in [2.05, 4.69) is 10.1 Å². The summed E-state index contributed by atoms with van der Waals surface area (Å²) in [5.41, 5.74) is 0.190. The first kappa shape index (κ1) is 23.7. The van der Waals surface area contributed by atoms with Crippen LogP contribution in [0.5, 0.6) is 5.75 Å². The number of carboxylic acid groups (broad SMARTS) is 1. The van der Waals surface area contributed by atoms with Crippen molar-refractivity contribution in [2.75, 3.05) is 6.61 Å². The number of aromatic carboxylic acids is 1. The number of hydrogen-bond donors (Lipinski definition) is 1. The molecule has 4 rings (SSSR count). The minimum Gasteiger partial charge on any atom is -0.489 e. The number of hydrogen-bond acceptors (Lipinski definition) is 5. The SMILES string of the molecule is Cc1sc(-c2cc(OCC3=C(F)CCC=C3)cc(C(F)(F)F)c2)nc1Cn1cc(C(=O)O)cn1. The zero-order valence-corrected chi connectivity index (χ0v) is 18.7. The molecule has 1 aliphatic carbocycles. The molecule has 3 aromatic rings. The molecule has 0 saturated carbocycles. The average molecular weight is 493 g/mol. The van der Waals surface area contributed by atoms with Crippen LogP contribution in [0.15, 0.2) is 54.1 Å². The molecule has 0 atom stereocenters. The van der Waals surface area contributed by atoms with Crippen molar-refractivity contribution in [3.05, 3.63) is 75.8 Å². The van der Waals surface area contributed by atoms with Crippen LogP contribution in [0.25, 0.3) is 10.6 Å². The molecule has 1 aromatic carbocycles. The van der Waals surface area contributed by atoms with Gasteiger partial charge in [0.2, 0.25) is 0 Å². The third kappa shape index (κ3) is 5.36. The lowest BCUT2D eigenvalue weighted by molar-refractivity contribution is -0.137. The summed E-state index contributed by atoms with van der Waals surface area (Å²) in [4.78, 5) is 16.3. The van der Waals surface area contributed by atoms with Gasteiger partial charge in [0.15, 0.2) is 0 Å². The van der Waals surface area contributed by atoms with Crippen molar-refractivity contribution in [3.8, 4) is 16.3 Å². The summed E-state index contributed by atoms with van der Waals surface area (Å²) in [5, 5.41) is 13.4. The van der Waals surface area contributed by atoms with Crippen molar-refractivity contribution < 1.29 is 32.2 Å². The lowest BCUT2D eigenvalue weighted by atomic mass is 10.1. The minimum absolute atomic E-state index is 0.0205. The number of carboxylic acids is 1. The molecule has 6 nitrogen and oxygen atoms in total. The molecule has 34 heavy (non-hydrogen) atoms. The van der Waals surface area contributed by atoms with Gasteiger partial charge < -0.3 is 9.84 Å². The van der Waals surface area contributed by atoms with Gasteiger partial charge in [0.25, 0.3) is 0 Å². The van der Waals surface area contributed by atoms with E-state index in [4.69, 9.17) is 9.84 Å². The van der Waals surface area contributed by atoms with Gasteiger partial charge in [0.05, 0.1) is 29.6 Å². The minimum atomic E-state index is -4.61. The van der Waals surface area contributed by atoms with E-state index in [1.807, 2.05) is 0 Å². The fourth-order valence-corrected chi connectivity index (χ4v) is 4.27. The van der Waals surface area contributed by atoms with Gasteiger partial charge in [-0.05, 0) is 31.5 Å². The van der Waals surface area contributed by atoms with Crippen LogP contribution in [0.3, 0.4) is 0 Å². The van der Waals surface area contributed by atoms with Crippen molar-refractivity contribution in [1.82, 2.24) is 14.8 Å². The Bertz CT molecular complexity index is 1290. The normalized spacial score (nSPS) is 14.0. The smallest absolute Gasteiger partial charge is 0.416 e. The average Bonchev–Trinajstić information content (AvgIpc) is 3.40. The fourth-order valence-electron chi connectivity index (χ4n) is 3.36. The molecule has 11 heteroatoms. The summed E-state index contributed by atoms with van der Waals surface area (Å²) in [6, 6.07) is 3.32. The van der Waals surface area contributed by atoms with Crippen LogP contribution in [0.4, 0.5) is 17.6 Å². The molecule has 178 valence electrons. The van der Waals surface area contributed by atoms with Gasteiger partial charge >= 0.3 is 12.1 Å². The molecule has 0 spiro atoms. The topological polar surface area (TPSA) is 77.2 Å². The number of alkyl halides is 3. The van der Waals surface area contributed by atoms with E-state index >= 15 is 0 Å². The summed E-state index contributed by atoms with van der Waals surface area (Å²) in [6.07, 6.45) is 2.14. The van der Waals surface area contributed by atoms with Crippen molar-refractivity contribution >= 4 is 17.3 Å². The summed E-state index contributed by atoms with van der Waals surface area (Å²) in [5.74, 6) is -1.49. The second-order valence-electron chi connectivity index (χ2n) is 7.66.